The molecule has 0 fully saturated rings. The third-order valence-corrected chi connectivity index (χ3v) is 8.38. The summed E-state index contributed by atoms with van der Waals surface area (Å²) in [5, 5.41) is 0. The fourth-order valence-electron chi connectivity index (χ4n) is 4.65. The average Bonchev–Trinajstić information content (AvgIpc) is 2.97. The summed E-state index contributed by atoms with van der Waals surface area (Å²) in [4.78, 5) is 2.74. The van der Waals surface area contributed by atoms with Gasteiger partial charge in [-0.25, -0.2) is 0 Å². The smallest absolute Gasteiger partial charge is 0.125 e. The molecule has 0 saturated carbocycles. The molecule has 0 bridgehead atoms. The van der Waals surface area contributed by atoms with E-state index in [1.54, 1.807) is 0 Å². The second-order valence-corrected chi connectivity index (χ2v) is 11.5. The van der Waals surface area contributed by atoms with Crippen molar-refractivity contribution < 1.29 is 26.0 Å². The van der Waals surface area contributed by atoms with Gasteiger partial charge in [0.05, 0.1) is 13.2 Å². The molecule has 0 aliphatic heterocycles. The first-order valence-corrected chi connectivity index (χ1v) is 15.5. The number of hydrogen-bond donors (Lipinski definition) is 0. The van der Waals surface area contributed by atoms with E-state index in [2.05, 4.69) is 26.0 Å². The monoisotopic (exact) mass is 686 g/mol. The molecule has 0 atom stereocenters. The molecule has 230 valence electrons. The summed E-state index contributed by atoms with van der Waals surface area (Å²) in [6.45, 7) is 13.4. The molecule has 0 N–H and O–H groups in total. The van der Waals surface area contributed by atoms with Gasteiger partial charge in [-0.05, 0) is 98.2 Å². The summed E-state index contributed by atoms with van der Waals surface area (Å²) in [7, 11) is 0. The Morgan fingerprint density at radius 3 is 1.14 bits per heavy atom. The van der Waals surface area contributed by atoms with Crippen molar-refractivity contribution in [3.05, 3.63) is 129 Å². The minimum absolute atomic E-state index is 0. The first-order valence-electron chi connectivity index (χ1n) is 13.8. The Bertz CT molecular complexity index is 1450. The molecule has 0 spiro atoms. The van der Waals surface area contributed by atoms with Gasteiger partial charge in [0.1, 0.15) is 11.5 Å². The van der Waals surface area contributed by atoms with Gasteiger partial charge in [0.25, 0.3) is 0 Å². The van der Waals surface area contributed by atoms with Crippen molar-refractivity contribution in [2.24, 2.45) is 0 Å². The van der Waals surface area contributed by atoms with Crippen molar-refractivity contribution in [2.75, 3.05) is 13.2 Å². The maximum absolute atomic E-state index is 5.76. The van der Waals surface area contributed by atoms with Gasteiger partial charge in [0.15, 0.2) is 0 Å². The van der Waals surface area contributed by atoms with Crippen LogP contribution in [0.5, 0.6) is 11.5 Å². The number of hydrogen-bond acceptors (Lipinski definition) is 6. The predicted octanol–water partition coefficient (Wildman–Crippen LogP) is 9.24. The Labute approximate surface area is 290 Å². The van der Waals surface area contributed by atoms with Crippen molar-refractivity contribution in [2.45, 2.75) is 41.5 Å². The third-order valence-electron chi connectivity index (χ3n) is 6.43. The molecule has 0 radical (unpaired) electrons. The van der Waals surface area contributed by atoms with Crippen molar-refractivity contribution in [1.82, 2.24) is 0 Å². The van der Waals surface area contributed by atoms with Crippen LogP contribution in [0.2, 0.25) is 0 Å². The molecule has 0 aromatic heterocycles. The van der Waals surface area contributed by atoms with Crippen molar-refractivity contribution >= 4 is 70.1 Å². The zero-order chi connectivity index (χ0) is 30.8. The first kappa shape index (κ1) is 36.5. The molecule has 2 nitrogen and oxygen atoms in total. The number of aryl methyl sites for hydroxylation is 4. The minimum Gasteiger partial charge on any atom is -0.780 e. The standard InChI is InChI=1S/2C18H20OS2.Ni/c2*1-4-19-15-11-12(2)10-13(3)16(15)18(21)17(20)14-8-6-5-7-9-14;/h2*5-11,20-21H,4H2,1-3H3;/p-4/b2*18-17-;. The summed E-state index contributed by atoms with van der Waals surface area (Å²) in [5.74, 6) is 1.64. The Balaban J connectivity index is 0.000000293. The number of benzene rings is 4. The summed E-state index contributed by atoms with van der Waals surface area (Å²) in [6, 6.07) is 28.0. The van der Waals surface area contributed by atoms with Crippen molar-refractivity contribution in [3.8, 4) is 11.5 Å². The van der Waals surface area contributed by atoms with Crippen LogP contribution in [-0.2, 0) is 67.0 Å². The second-order valence-electron chi connectivity index (χ2n) is 9.82. The SMILES string of the molecule is CCOc1cc(C)cc(C)c1/C([S-])=C(/[S-])c1ccccc1.CCOc1cc(C)cc(C)c1/C([S-])=C(/[S-])c1ccccc1.[Ni]. The molecule has 4 aromatic carbocycles. The van der Waals surface area contributed by atoms with Crippen molar-refractivity contribution in [3.63, 3.8) is 0 Å². The Kier molecular flexibility index (Phi) is 14.9. The maximum Gasteiger partial charge on any atom is 0.125 e. The van der Waals surface area contributed by atoms with E-state index in [0.29, 0.717) is 32.8 Å². The van der Waals surface area contributed by atoms with E-state index in [9.17, 15) is 0 Å². The van der Waals surface area contributed by atoms with Crippen LogP contribution in [0.25, 0.3) is 19.6 Å². The molecule has 7 heteroatoms. The molecule has 0 heterocycles. The molecule has 0 amide bonds. The third kappa shape index (κ3) is 9.66. The van der Waals surface area contributed by atoms with E-state index in [0.717, 1.165) is 56.0 Å². The molecule has 0 aliphatic carbocycles. The minimum atomic E-state index is 0. The topological polar surface area (TPSA) is 18.5 Å². The summed E-state index contributed by atoms with van der Waals surface area (Å²) in [5.41, 5.74) is 8.34. The van der Waals surface area contributed by atoms with Gasteiger partial charge in [-0.3, -0.25) is 0 Å². The van der Waals surface area contributed by atoms with Crippen LogP contribution in [0.1, 0.15) is 58.4 Å². The molecule has 0 aliphatic rings. The number of ether oxygens (including phenoxy) is 2. The Hall–Kier alpha value is -2.67. The van der Waals surface area contributed by atoms with Crippen LogP contribution in [0.3, 0.4) is 0 Å². The van der Waals surface area contributed by atoms with Crippen LogP contribution in [0.15, 0.2) is 84.9 Å². The second kappa shape index (κ2) is 17.6. The van der Waals surface area contributed by atoms with Crippen LogP contribution in [0, 0.1) is 27.7 Å². The van der Waals surface area contributed by atoms with Crippen molar-refractivity contribution in [1.29, 1.82) is 0 Å². The zero-order valence-corrected chi connectivity index (χ0v) is 29.5. The molecule has 0 saturated heterocycles. The van der Waals surface area contributed by atoms with E-state index in [-0.39, 0.29) is 16.5 Å². The van der Waals surface area contributed by atoms with Gasteiger partial charge in [-0.1, -0.05) is 72.8 Å². The fourth-order valence-corrected chi connectivity index (χ4v) is 5.88. The Morgan fingerprint density at radius 1 is 0.512 bits per heavy atom. The quantitative estimate of drug-likeness (QED) is 0.104. The van der Waals surface area contributed by atoms with Gasteiger partial charge in [-0.2, -0.15) is 19.6 Å². The van der Waals surface area contributed by atoms with E-state index in [4.69, 9.17) is 60.0 Å². The number of rotatable bonds is 8. The zero-order valence-electron chi connectivity index (χ0n) is 25.3. The molecule has 4 aromatic rings. The van der Waals surface area contributed by atoms with Crippen LogP contribution in [-0.4, -0.2) is 13.2 Å². The van der Waals surface area contributed by atoms with E-state index in [1.807, 2.05) is 100 Å². The predicted molar refractivity (Wildman–Crippen MR) is 190 cm³/mol. The average molecular weight is 688 g/mol. The molecule has 4 rings (SSSR count). The molecular formula is C36H36NiO2S4-4. The maximum atomic E-state index is 5.76. The van der Waals surface area contributed by atoms with E-state index >= 15 is 0 Å². The summed E-state index contributed by atoms with van der Waals surface area (Å²) < 4.78 is 11.5. The first-order chi connectivity index (χ1) is 20.1. The van der Waals surface area contributed by atoms with Gasteiger partial charge in [0, 0.05) is 16.5 Å². The van der Waals surface area contributed by atoms with Crippen LogP contribution >= 0.6 is 0 Å². The Morgan fingerprint density at radius 2 is 0.837 bits per heavy atom. The molecule has 0 unspecified atom stereocenters. The van der Waals surface area contributed by atoms with E-state index < -0.39 is 0 Å². The van der Waals surface area contributed by atoms with Gasteiger partial charge >= 0.3 is 0 Å². The molecular weight excluding hydrogens is 651 g/mol. The van der Waals surface area contributed by atoms with Crippen LogP contribution in [0.4, 0.5) is 0 Å². The van der Waals surface area contributed by atoms with Crippen LogP contribution < -0.4 is 9.47 Å². The summed E-state index contributed by atoms with van der Waals surface area (Å²) in [6.07, 6.45) is 0. The van der Waals surface area contributed by atoms with Gasteiger partial charge in [0.2, 0.25) is 0 Å². The largest absolute Gasteiger partial charge is 0.780 e. The van der Waals surface area contributed by atoms with Gasteiger partial charge in [-0.15, -0.1) is 0 Å². The van der Waals surface area contributed by atoms with Gasteiger partial charge < -0.3 is 60.0 Å². The van der Waals surface area contributed by atoms with E-state index in [1.165, 1.54) is 0 Å². The normalized spacial score (nSPS) is 11.7. The summed E-state index contributed by atoms with van der Waals surface area (Å²) >= 11 is 22.4. The fraction of sp³-hybridized carbons (Fsp3) is 0.222. The molecule has 43 heavy (non-hydrogen) atoms.